The lowest BCUT2D eigenvalue weighted by atomic mass is 10.2. The Morgan fingerprint density at radius 3 is 2.68 bits per heavy atom. The number of ether oxygens (including phenoxy) is 1. The number of unbranched alkanes of at least 4 members (excludes halogenated alkanes) is 1. The molecular weight excluding hydrogens is 376 g/mol. The molecule has 148 valence electrons. The number of hydrogen-bond donors (Lipinski definition) is 1. The van der Waals surface area contributed by atoms with Crippen molar-refractivity contribution in [3.63, 3.8) is 0 Å². The van der Waals surface area contributed by atoms with E-state index in [1.54, 1.807) is 13.4 Å². The molecule has 0 fully saturated rings. The van der Waals surface area contributed by atoms with Gasteiger partial charge in [0.25, 0.3) is 0 Å². The second-order valence-corrected chi connectivity index (χ2v) is 7.21. The lowest BCUT2D eigenvalue weighted by Crippen LogP contribution is -2.14. The number of carbonyl (C=O) groups is 1. The van der Waals surface area contributed by atoms with Gasteiger partial charge < -0.3 is 19.0 Å². The predicted molar refractivity (Wildman–Crippen MR) is 110 cm³/mol. The average Bonchev–Trinajstić information content (AvgIpc) is 3.30. The molecule has 0 radical (unpaired) electrons. The summed E-state index contributed by atoms with van der Waals surface area (Å²) in [6.45, 7) is 4.84. The van der Waals surface area contributed by atoms with Gasteiger partial charge in [0, 0.05) is 12.2 Å². The minimum atomic E-state index is -0.0961. The molecule has 0 spiro atoms. The summed E-state index contributed by atoms with van der Waals surface area (Å²) in [7, 11) is 1.61. The van der Waals surface area contributed by atoms with Crippen molar-refractivity contribution < 1.29 is 13.9 Å². The number of benzene rings is 1. The van der Waals surface area contributed by atoms with E-state index >= 15 is 0 Å². The quantitative estimate of drug-likeness (QED) is 0.537. The summed E-state index contributed by atoms with van der Waals surface area (Å²) < 4.78 is 12.6. The summed E-state index contributed by atoms with van der Waals surface area (Å²) in [5.41, 5.74) is 1.66. The monoisotopic (exact) mass is 400 g/mol. The number of aryl methyl sites for hydroxylation is 1. The lowest BCUT2D eigenvalue weighted by molar-refractivity contribution is -0.113. The third-order valence-corrected chi connectivity index (χ3v) is 5.22. The topological polar surface area (TPSA) is 82.2 Å². The van der Waals surface area contributed by atoms with Crippen LogP contribution in [-0.4, -0.2) is 33.5 Å². The van der Waals surface area contributed by atoms with Gasteiger partial charge in [-0.2, -0.15) is 0 Å². The summed E-state index contributed by atoms with van der Waals surface area (Å²) in [5.74, 6) is 2.48. The molecule has 2 heterocycles. The van der Waals surface area contributed by atoms with E-state index in [9.17, 15) is 4.79 Å². The van der Waals surface area contributed by atoms with E-state index in [0.29, 0.717) is 0 Å². The van der Waals surface area contributed by atoms with Crippen LogP contribution in [0.3, 0.4) is 0 Å². The second kappa shape index (κ2) is 9.45. The lowest BCUT2D eigenvalue weighted by Gasteiger charge is -2.09. The number of amides is 1. The van der Waals surface area contributed by atoms with E-state index in [1.165, 1.54) is 11.8 Å². The van der Waals surface area contributed by atoms with Crippen LogP contribution < -0.4 is 10.1 Å². The minimum Gasteiger partial charge on any atom is -0.497 e. The summed E-state index contributed by atoms with van der Waals surface area (Å²) >= 11 is 1.38. The second-order valence-electron chi connectivity index (χ2n) is 6.27. The maximum Gasteiger partial charge on any atom is 0.234 e. The van der Waals surface area contributed by atoms with Crippen molar-refractivity contribution in [1.29, 1.82) is 0 Å². The van der Waals surface area contributed by atoms with Crippen LogP contribution in [0.25, 0.3) is 11.4 Å². The molecule has 3 rings (SSSR count). The van der Waals surface area contributed by atoms with Crippen LogP contribution in [0.4, 0.5) is 5.69 Å². The predicted octanol–water partition coefficient (Wildman–Crippen LogP) is 4.39. The van der Waals surface area contributed by atoms with Crippen LogP contribution in [0, 0.1) is 6.92 Å². The van der Waals surface area contributed by atoms with E-state index in [4.69, 9.17) is 9.15 Å². The fraction of sp³-hybridized carbons (Fsp3) is 0.350. The minimum absolute atomic E-state index is 0.0961. The number of thioether (sulfide) groups is 1. The first-order valence-electron chi connectivity index (χ1n) is 9.16. The maximum atomic E-state index is 12.3. The summed E-state index contributed by atoms with van der Waals surface area (Å²) in [6, 6.07) is 9.13. The first-order chi connectivity index (χ1) is 13.6. The van der Waals surface area contributed by atoms with Gasteiger partial charge >= 0.3 is 0 Å². The fourth-order valence-electron chi connectivity index (χ4n) is 2.73. The van der Waals surface area contributed by atoms with Gasteiger partial charge in [0.05, 0.1) is 24.7 Å². The molecule has 7 nitrogen and oxygen atoms in total. The number of nitrogens with zero attached hydrogens (tertiary/aromatic N) is 3. The first kappa shape index (κ1) is 20.0. The van der Waals surface area contributed by atoms with Crippen molar-refractivity contribution in [3.05, 3.63) is 42.4 Å². The van der Waals surface area contributed by atoms with Crippen molar-refractivity contribution in [2.75, 3.05) is 18.2 Å². The van der Waals surface area contributed by atoms with Gasteiger partial charge in [0.15, 0.2) is 11.0 Å². The highest BCUT2D eigenvalue weighted by atomic mass is 32.2. The van der Waals surface area contributed by atoms with Gasteiger partial charge in [-0.05, 0) is 43.7 Å². The standard InChI is InChI=1S/C20H24N4O3S/c1-4-5-11-24-19(17-10-12-27-14(17)2)22-23-20(24)28-13-18(25)21-15-6-8-16(26-3)9-7-15/h6-10,12H,4-5,11,13H2,1-3H3,(H,21,25). The van der Waals surface area contributed by atoms with Crippen LogP contribution in [-0.2, 0) is 11.3 Å². The third kappa shape index (κ3) is 4.75. The van der Waals surface area contributed by atoms with Gasteiger partial charge in [0.2, 0.25) is 5.91 Å². The molecule has 0 saturated carbocycles. The number of carbonyl (C=O) groups excluding carboxylic acids is 1. The Bertz CT molecular complexity index is 918. The van der Waals surface area contributed by atoms with Crippen LogP contribution in [0.1, 0.15) is 25.5 Å². The van der Waals surface area contributed by atoms with Crippen molar-refractivity contribution in [1.82, 2.24) is 14.8 Å². The summed E-state index contributed by atoms with van der Waals surface area (Å²) in [4.78, 5) is 12.3. The van der Waals surface area contributed by atoms with E-state index in [0.717, 1.165) is 53.1 Å². The number of methoxy groups -OCH3 is 1. The molecule has 0 aliphatic rings. The molecule has 28 heavy (non-hydrogen) atoms. The zero-order chi connectivity index (χ0) is 19.9. The molecule has 1 aromatic carbocycles. The average molecular weight is 401 g/mol. The summed E-state index contributed by atoms with van der Waals surface area (Å²) in [5, 5.41) is 12.3. The Morgan fingerprint density at radius 2 is 2.04 bits per heavy atom. The molecule has 0 bridgehead atoms. The van der Waals surface area contributed by atoms with Crippen LogP contribution in [0.2, 0.25) is 0 Å². The first-order valence-corrected chi connectivity index (χ1v) is 10.1. The fourth-order valence-corrected chi connectivity index (χ4v) is 3.50. The molecular formula is C20H24N4O3S. The largest absolute Gasteiger partial charge is 0.497 e. The van der Waals surface area contributed by atoms with Gasteiger partial charge in [-0.1, -0.05) is 25.1 Å². The molecule has 0 aliphatic carbocycles. The van der Waals surface area contributed by atoms with Gasteiger partial charge in [0.1, 0.15) is 11.5 Å². The van der Waals surface area contributed by atoms with Gasteiger partial charge in [-0.25, -0.2) is 0 Å². The highest BCUT2D eigenvalue weighted by Gasteiger charge is 2.18. The van der Waals surface area contributed by atoms with Crippen molar-refractivity contribution in [3.8, 4) is 17.1 Å². The Morgan fingerprint density at radius 1 is 1.25 bits per heavy atom. The highest BCUT2D eigenvalue weighted by Crippen LogP contribution is 2.27. The molecule has 1 amide bonds. The molecule has 0 saturated heterocycles. The number of nitrogens with one attached hydrogen (secondary N) is 1. The Kier molecular flexibility index (Phi) is 6.76. The van der Waals surface area contributed by atoms with Crippen LogP contribution in [0.5, 0.6) is 5.75 Å². The normalized spacial score (nSPS) is 10.8. The Balaban J connectivity index is 1.68. The number of aromatic nitrogens is 3. The Hall–Kier alpha value is -2.74. The highest BCUT2D eigenvalue weighted by molar-refractivity contribution is 7.99. The molecule has 0 aliphatic heterocycles. The number of anilines is 1. The van der Waals surface area contributed by atoms with Gasteiger partial charge in [-0.15, -0.1) is 10.2 Å². The number of hydrogen-bond acceptors (Lipinski definition) is 6. The molecule has 2 aromatic heterocycles. The zero-order valence-electron chi connectivity index (χ0n) is 16.3. The third-order valence-electron chi connectivity index (χ3n) is 4.26. The number of furan rings is 1. The molecule has 8 heteroatoms. The maximum absolute atomic E-state index is 12.3. The van der Waals surface area contributed by atoms with E-state index in [-0.39, 0.29) is 11.7 Å². The molecule has 3 aromatic rings. The van der Waals surface area contributed by atoms with E-state index < -0.39 is 0 Å². The van der Waals surface area contributed by atoms with Crippen LogP contribution in [0.15, 0.2) is 46.2 Å². The molecule has 0 atom stereocenters. The van der Waals surface area contributed by atoms with Crippen molar-refractivity contribution in [2.45, 2.75) is 38.4 Å². The van der Waals surface area contributed by atoms with Crippen molar-refractivity contribution >= 4 is 23.4 Å². The smallest absolute Gasteiger partial charge is 0.234 e. The molecule has 0 unspecified atom stereocenters. The Labute approximate surface area is 168 Å². The molecule has 1 N–H and O–H groups in total. The number of rotatable bonds is 9. The van der Waals surface area contributed by atoms with Crippen LogP contribution >= 0.6 is 11.8 Å². The van der Waals surface area contributed by atoms with E-state index in [1.807, 2.05) is 37.3 Å². The SMILES string of the molecule is CCCCn1c(SCC(=O)Nc2ccc(OC)cc2)nnc1-c1ccoc1C. The van der Waals surface area contributed by atoms with Crippen molar-refractivity contribution in [2.24, 2.45) is 0 Å². The van der Waals surface area contributed by atoms with E-state index in [2.05, 4.69) is 27.0 Å². The zero-order valence-corrected chi connectivity index (χ0v) is 17.1. The van der Waals surface area contributed by atoms with Gasteiger partial charge in [-0.3, -0.25) is 4.79 Å². The summed E-state index contributed by atoms with van der Waals surface area (Å²) in [6.07, 6.45) is 3.72.